The Morgan fingerprint density at radius 1 is 1.62 bits per heavy atom. The fourth-order valence-corrected chi connectivity index (χ4v) is 1.79. The molecule has 3 N–H and O–H groups in total. The van der Waals surface area contributed by atoms with Gasteiger partial charge in [0.1, 0.15) is 6.04 Å². The Morgan fingerprint density at radius 3 is 3.12 bits per heavy atom. The van der Waals surface area contributed by atoms with Crippen molar-refractivity contribution in [2.45, 2.75) is 6.04 Å². The summed E-state index contributed by atoms with van der Waals surface area (Å²) in [6, 6.07) is 2.43. The van der Waals surface area contributed by atoms with Gasteiger partial charge in [-0.05, 0) is 12.1 Å². The lowest BCUT2D eigenvalue weighted by atomic mass is 10.2. The van der Waals surface area contributed by atoms with Crippen LogP contribution in [0.25, 0.3) is 0 Å². The fraction of sp³-hybridized carbons (Fsp3) is 0.400. The minimum absolute atomic E-state index is 0.00986. The molecular weight excluding hydrogens is 210 g/mol. The van der Waals surface area contributed by atoms with Crippen LogP contribution in [0.3, 0.4) is 0 Å². The molecule has 0 aromatic carbocycles. The van der Waals surface area contributed by atoms with Crippen molar-refractivity contribution in [3.8, 4) is 5.75 Å². The minimum Gasteiger partial charge on any atom is -0.504 e. The van der Waals surface area contributed by atoms with E-state index in [2.05, 4.69) is 10.3 Å². The normalized spacial score (nSPS) is 20.8. The third-order valence-corrected chi connectivity index (χ3v) is 2.57. The molecule has 1 saturated heterocycles. The number of aromatic nitrogens is 1. The van der Waals surface area contributed by atoms with E-state index in [0.717, 1.165) is 0 Å². The highest BCUT2D eigenvalue weighted by Gasteiger charge is 2.30. The van der Waals surface area contributed by atoms with Gasteiger partial charge in [0.05, 0.1) is 0 Å². The van der Waals surface area contributed by atoms with Gasteiger partial charge in [0.2, 0.25) is 0 Å². The van der Waals surface area contributed by atoms with Crippen molar-refractivity contribution in [3.05, 3.63) is 18.3 Å². The first-order valence-corrected chi connectivity index (χ1v) is 5.04. The monoisotopic (exact) mass is 223 g/mol. The molecule has 0 amide bonds. The average molecular weight is 223 g/mol. The molecule has 1 aliphatic rings. The summed E-state index contributed by atoms with van der Waals surface area (Å²) in [4.78, 5) is 16.7. The van der Waals surface area contributed by atoms with Crippen molar-refractivity contribution in [2.75, 3.05) is 24.5 Å². The molecule has 2 heterocycles. The maximum atomic E-state index is 11.1. The van der Waals surface area contributed by atoms with E-state index < -0.39 is 12.0 Å². The van der Waals surface area contributed by atoms with Crippen LogP contribution in [0.2, 0.25) is 0 Å². The third-order valence-electron chi connectivity index (χ3n) is 2.57. The molecule has 1 aromatic heterocycles. The molecule has 0 spiro atoms. The van der Waals surface area contributed by atoms with E-state index in [4.69, 9.17) is 5.11 Å². The van der Waals surface area contributed by atoms with Gasteiger partial charge in [-0.2, -0.15) is 0 Å². The largest absolute Gasteiger partial charge is 0.504 e. The molecule has 1 atom stereocenters. The van der Waals surface area contributed by atoms with Crippen LogP contribution in [0.1, 0.15) is 0 Å². The predicted octanol–water partition coefficient (Wildman–Crippen LogP) is -0.350. The van der Waals surface area contributed by atoms with E-state index in [-0.39, 0.29) is 5.75 Å². The molecule has 16 heavy (non-hydrogen) atoms. The molecule has 0 saturated carbocycles. The maximum absolute atomic E-state index is 11.1. The molecule has 0 aliphatic carbocycles. The Bertz CT molecular complexity index is 397. The first-order valence-electron chi connectivity index (χ1n) is 5.04. The van der Waals surface area contributed by atoms with Crippen LogP contribution in [-0.4, -0.2) is 46.8 Å². The lowest BCUT2D eigenvalue weighted by Gasteiger charge is -2.34. The number of aliphatic carboxylic acids is 1. The van der Waals surface area contributed by atoms with Gasteiger partial charge in [-0.1, -0.05) is 0 Å². The SMILES string of the molecule is O=C(O)[C@@H]1CNCCN1c1ncccc1O. The van der Waals surface area contributed by atoms with E-state index in [1.165, 1.54) is 12.3 Å². The molecule has 6 nitrogen and oxygen atoms in total. The third kappa shape index (κ3) is 1.92. The Morgan fingerprint density at radius 2 is 2.44 bits per heavy atom. The van der Waals surface area contributed by atoms with E-state index in [9.17, 15) is 9.90 Å². The number of nitrogens with one attached hydrogen (secondary N) is 1. The van der Waals surface area contributed by atoms with Gasteiger partial charge in [-0.25, -0.2) is 9.78 Å². The predicted molar refractivity (Wildman–Crippen MR) is 57.5 cm³/mol. The molecule has 86 valence electrons. The van der Waals surface area contributed by atoms with E-state index >= 15 is 0 Å². The number of pyridine rings is 1. The summed E-state index contributed by atoms with van der Waals surface area (Å²) in [6.07, 6.45) is 1.54. The Balaban J connectivity index is 2.30. The van der Waals surface area contributed by atoms with Crippen molar-refractivity contribution in [1.82, 2.24) is 10.3 Å². The van der Waals surface area contributed by atoms with E-state index in [1.807, 2.05) is 0 Å². The highest BCUT2D eigenvalue weighted by atomic mass is 16.4. The average Bonchev–Trinajstić information content (AvgIpc) is 2.29. The summed E-state index contributed by atoms with van der Waals surface area (Å²) in [5, 5.41) is 21.7. The van der Waals surface area contributed by atoms with Crippen LogP contribution in [0.5, 0.6) is 5.75 Å². The van der Waals surface area contributed by atoms with Gasteiger partial charge in [-0.3, -0.25) is 0 Å². The molecule has 2 rings (SSSR count). The lowest BCUT2D eigenvalue weighted by molar-refractivity contribution is -0.138. The number of carboxylic acids is 1. The summed E-state index contributed by atoms with van der Waals surface area (Å²) >= 11 is 0. The standard InChI is InChI=1S/C10H13N3O3/c14-8-2-1-3-12-9(8)13-5-4-11-6-7(13)10(15)16/h1-3,7,11,14H,4-6H2,(H,15,16)/t7-/m0/s1. The summed E-state index contributed by atoms with van der Waals surface area (Å²) in [6.45, 7) is 1.55. The Hall–Kier alpha value is -1.82. The Kier molecular flexibility index (Phi) is 2.91. The van der Waals surface area contributed by atoms with Crippen LogP contribution in [0.15, 0.2) is 18.3 Å². The topological polar surface area (TPSA) is 85.7 Å². The highest BCUT2D eigenvalue weighted by molar-refractivity contribution is 5.79. The zero-order chi connectivity index (χ0) is 11.5. The van der Waals surface area contributed by atoms with Gasteiger partial charge < -0.3 is 20.4 Å². The van der Waals surface area contributed by atoms with Gasteiger partial charge in [0, 0.05) is 25.8 Å². The highest BCUT2D eigenvalue weighted by Crippen LogP contribution is 2.25. The van der Waals surface area contributed by atoms with Gasteiger partial charge in [0.15, 0.2) is 11.6 Å². The number of anilines is 1. The zero-order valence-corrected chi connectivity index (χ0v) is 8.63. The van der Waals surface area contributed by atoms with Gasteiger partial charge in [0.25, 0.3) is 0 Å². The summed E-state index contributed by atoms with van der Waals surface area (Å²) < 4.78 is 0. The molecule has 1 aromatic rings. The van der Waals surface area contributed by atoms with Crippen molar-refractivity contribution >= 4 is 11.8 Å². The second-order valence-electron chi connectivity index (χ2n) is 3.60. The number of piperazine rings is 1. The van der Waals surface area contributed by atoms with Crippen LogP contribution in [0.4, 0.5) is 5.82 Å². The molecule has 1 aliphatic heterocycles. The number of carboxylic acid groups (broad SMARTS) is 1. The molecule has 6 heteroatoms. The maximum Gasteiger partial charge on any atom is 0.327 e. The van der Waals surface area contributed by atoms with Crippen LogP contribution >= 0.6 is 0 Å². The van der Waals surface area contributed by atoms with E-state index in [0.29, 0.717) is 25.5 Å². The van der Waals surface area contributed by atoms with Crippen LogP contribution < -0.4 is 10.2 Å². The van der Waals surface area contributed by atoms with Crippen molar-refractivity contribution in [1.29, 1.82) is 0 Å². The fourth-order valence-electron chi connectivity index (χ4n) is 1.79. The smallest absolute Gasteiger partial charge is 0.327 e. The first kappa shape index (κ1) is 10.7. The number of aromatic hydroxyl groups is 1. The Labute approximate surface area is 92.5 Å². The van der Waals surface area contributed by atoms with Crippen LogP contribution in [-0.2, 0) is 4.79 Å². The van der Waals surface area contributed by atoms with Gasteiger partial charge >= 0.3 is 5.97 Å². The summed E-state index contributed by atoms with van der Waals surface area (Å²) in [5.41, 5.74) is 0. The number of hydrogen-bond acceptors (Lipinski definition) is 5. The molecule has 0 bridgehead atoms. The molecule has 0 radical (unpaired) electrons. The lowest BCUT2D eigenvalue weighted by Crippen LogP contribution is -2.55. The van der Waals surface area contributed by atoms with E-state index in [1.54, 1.807) is 11.0 Å². The van der Waals surface area contributed by atoms with Crippen molar-refractivity contribution in [3.63, 3.8) is 0 Å². The molecular formula is C10H13N3O3. The number of rotatable bonds is 2. The molecule has 1 fully saturated rings. The quantitative estimate of drug-likeness (QED) is 0.635. The number of hydrogen-bond donors (Lipinski definition) is 3. The minimum atomic E-state index is -0.919. The second-order valence-corrected chi connectivity index (χ2v) is 3.60. The molecule has 0 unspecified atom stereocenters. The number of carbonyl (C=O) groups is 1. The summed E-state index contributed by atoms with van der Waals surface area (Å²) in [5.74, 6) is -0.579. The van der Waals surface area contributed by atoms with Gasteiger partial charge in [-0.15, -0.1) is 0 Å². The zero-order valence-electron chi connectivity index (χ0n) is 8.63. The van der Waals surface area contributed by atoms with Crippen LogP contribution in [0, 0.1) is 0 Å². The summed E-state index contributed by atoms with van der Waals surface area (Å²) in [7, 11) is 0. The van der Waals surface area contributed by atoms with Crippen molar-refractivity contribution in [2.24, 2.45) is 0 Å². The second kappa shape index (κ2) is 4.36. The van der Waals surface area contributed by atoms with Crippen molar-refractivity contribution < 1.29 is 15.0 Å². The number of nitrogens with zero attached hydrogens (tertiary/aromatic N) is 2. The first-order chi connectivity index (χ1) is 7.70.